The van der Waals surface area contributed by atoms with Crippen LogP contribution in [0.3, 0.4) is 0 Å². The molecule has 0 aliphatic carbocycles. The van der Waals surface area contributed by atoms with Crippen LogP contribution in [0.1, 0.15) is 23.3 Å². The van der Waals surface area contributed by atoms with Crippen LogP contribution in [-0.4, -0.2) is 7.11 Å². The molecule has 2 heterocycles. The zero-order valence-electron chi connectivity index (χ0n) is 7.36. The molecule has 0 saturated heterocycles. The first-order valence-corrected chi connectivity index (χ1v) is 4.41. The lowest BCUT2D eigenvalue weighted by molar-refractivity contribution is 0.0870. The highest BCUT2D eigenvalue weighted by Crippen LogP contribution is 2.49. The number of hydrogen-bond donors (Lipinski definition) is 0. The quantitative estimate of drug-likeness (QED) is 0.608. The zero-order chi connectivity index (χ0) is 8.84. The van der Waals surface area contributed by atoms with E-state index in [1.807, 2.05) is 12.1 Å². The van der Waals surface area contributed by atoms with E-state index in [4.69, 9.17) is 9.47 Å². The van der Waals surface area contributed by atoms with Gasteiger partial charge in [0, 0.05) is 5.56 Å². The van der Waals surface area contributed by atoms with E-state index in [2.05, 4.69) is 18.2 Å². The second kappa shape index (κ2) is 2.36. The predicted molar refractivity (Wildman–Crippen MR) is 48.7 cm³/mol. The van der Waals surface area contributed by atoms with Crippen LogP contribution in [0.5, 0.6) is 5.75 Å². The van der Waals surface area contributed by atoms with E-state index in [1.54, 1.807) is 7.11 Å². The van der Waals surface area contributed by atoms with Gasteiger partial charge < -0.3 is 9.47 Å². The first-order chi connectivity index (χ1) is 6.40. The van der Waals surface area contributed by atoms with Crippen LogP contribution in [0.25, 0.3) is 0 Å². The minimum atomic E-state index is 0.121. The summed E-state index contributed by atoms with van der Waals surface area (Å²) >= 11 is 0. The Kier molecular flexibility index (Phi) is 1.30. The van der Waals surface area contributed by atoms with E-state index in [0.29, 0.717) is 0 Å². The summed E-state index contributed by atoms with van der Waals surface area (Å²) in [5.74, 6) is 0.939. The molecular formula is C11H10O2. The van der Waals surface area contributed by atoms with Crippen molar-refractivity contribution in [2.75, 3.05) is 7.11 Å². The highest BCUT2D eigenvalue weighted by molar-refractivity contribution is 5.50. The van der Waals surface area contributed by atoms with E-state index in [-0.39, 0.29) is 12.2 Å². The fourth-order valence-corrected chi connectivity index (χ4v) is 2.08. The average Bonchev–Trinajstić information content (AvgIpc) is 2.77. The van der Waals surface area contributed by atoms with Crippen LogP contribution < -0.4 is 4.74 Å². The third-order valence-electron chi connectivity index (χ3n) is 2.66. The van der Waals surface area contributed by atoms with Gasteiger partial charge in [-0.25, -0.2) is 0 Å². The Hall–Kier alpha value is -1.28. The third kappa shape index (κ3) is 0.810. The largest absolute Gasteiger partial charge is 0.496 e. The number of methoxy groups -OCH3 is 1. The van der Waals surface area contributed by atoms with E-state index in [1.165, 1.54) is 11.1 Å². The van der Waals surface area contributed by atoms with Gasteiger partial charge in [0.2, 0.25) is 0 Å². The van der Waals surface area contributed by atoms with Gasteiger partial charge in [0.15, 0.2) is 0 Å². The molecule has 1 aromatic rings. The molecule has 2 aliphatic heterocycles. The molecule has 0 N–H and O–H groups in total. The van der Waals surface area contributed by atoms with E-state index >= 15 is 0 Å². The van der Waals surface area contributed by atoms with Crippen molar-refractivity contribution in [2.24, 2.45) is 0 Å². The summed E-state index contributed by atoms with van der Waals surface area (Å²) in [5, 5.41) is 0. The minimum absolute atomic E-state index is 0.121. The van der Waals surface area contributed by atoms with Gasteiger partial charge in [0.25, 0.3) is 0 Å². The van der Waals surface area contributed by atoms with E-state index < -0.39 is 0 Å². The summed E-state index contributed by atoms with van der Waals surface area (Å²) in [7, 11) is 1.70. The van der Waals surface area contributed by atoms with Crippen LogP contribution in [0.2, 0.25) is 0 Å². The first-order valence-electron chi connectivity index (χ1n) is 4.41. The fraction of sp³-hybridized carbons (Fsp3) is 0.273. The van der Waals surface area contributed by atoms with Crippen molar-refractivity contribution in [1.29, 1.82) is 0 Å². The molecule has 0 spiro atoms. The van der Waals surface area contributed by atoms with Gasteiger partial charge in [-0.05, 0) is 11.6 Å². The summed E-state index contributed by atoms with van der Waals surface area (Å²) in [5.41, 5.74) is 2.46. The number of ether oxygens (including phenoxy) is 2. The fourth-order valence-electron chi connectivity index (χ4n) is 2.08. The lowest BCUT2D eigenvalue weighted by Crippen LogP contribution is -1.96. The minimum Gasteiger partial charge on any atom is -0.496 e. The summed E-state index contributed by atoms with van der Waals surface area (Å²) in [4.78, 5) is 0. The molecule has 0 aromatic heterocycles. The molecule has 2 unspecified atom stereocenters. The number of rotatable bonds is 1. The summed E-state index contributed by atoms with van der Waals surface area (Å²) in [6.07, 6.45) is 4.48. The van der Waals surface area contributed by atoms with Crippen molar-refractivity contribution in [3.05, 3.63) is 41.5 Å². The Bertz CT molecular complexity index is 382. The Labute approximate surface area is 76.8 Å². The van der Waals surface area contributed by atoms with Crippen molar-refractivity contribution in [2.45, 2.75) is 12.2 Å². The molecule has 0 amide bonds. The maximum absolute atomic E-state index is 5.69. The Balaban J connectivity index is 2.23. The standard InChI is InChI=1S/C11H10O2/c1-12-9-4-2-3-7-8-5-6-10(13-8)11(7)9/h2-6,8,10H,1H3. The SMILES string of the molecule is COc1cccc2c1C1C=CC2O1. The van der Waals surface area contributed by atoms with Crippen LogP contribution in [-0.2, 0) is 4.74 Å². The Morgan fingerprint density at radius 2 is 2.08 bits per heavy atom. The van der Waals surface area contributed by atoms with Crippen LogP contribution in [0.15, 0.2) is 30.4 Å². The molecule has 2 atom stereocenters. The maximum atomic E-state index is 5.69. The van der Waals surface area contributed by atoms with E-state index in [0.717, 1.165) is 5.75 Å². The van der Waals surface area contributed by atoms with Gasteiger partial charge in [-0.2, -0.15) is 0 Å². The summed E-state index contributed by atoms with van der Waals surface area (Å²) in [6.45, 7) is 0. The molecular weight excluding hydrogens is 164 g/mol. The van der Waals surface area contributed by atoms with Gasteiger partial charge in [0.1, 0.15) is 18.0 Å². The van der Waals surface area contributed by atoms with Crippen molar-refractivity contribution < 1.29 is 9.47 Å². The van der Waals surface area contributed by atoms with Gasteiger partial charge in [-0.15, -0.1) is 0 Å². The van der Waals surface area contributed by atoms with Gasteiger partial charge in [-0.3, -0.25) is 0 Å². The molecule has 3 rings (SSSR count). The predicted octanol–water partition coefficient (Wildman–Crippen LogP) is 2.38. The van der Waals surface area contributed by atoms with Crippen LogP contribution >= 0.6 is 0 Å². The topological polar surface area (TPSA) is 18.5 Å². The Morgan fingerprint density at radius 1 is 1.23 bits per heavy atom. The monoisotopic (exact) mass is 174 g/mol. The third-order valence-corrected chi connectivity index (χ3v) is 2.66. The molecule has 66 valence electrons. The first kappa shape index (κ1) is 7.15. The van der Waals surface area contributed by atoms with Crippen molar-refractivity contribution in [3.63, 3.8) is 0 Å². The molecule has 13 heavy (non-hydrogen) atoms. The van der Waals surface area contributed by atoms with Crippen molar-refractivity contribution in [3.8, 4) is 5.75 Å². The average molecular weight is 174 g/mol. The lowest BCUT2D eigenvalue weighted by atomic mass is 9.96. The smallest absolute Gasteiger partial charge is 0.125 e. The van der Waals surface area contributed by atoms with Crippen molar-refractivity contribution >= 4 is 0 Å². The maximum Gasteiger partial charge on any atom is 0.125 e. The lowest BCUT2D eigenvalue weighted by Gasteiger charge is -2.10. The van der Waals surface area contributed by atoms with Gasteiger partial charge in [-0.1, -0.05) is 24.3 Å². The highest BCUT2D eigenvalue weighted by Gasteiger charge is 2.35. The van der Waals surface area contributed by atoms with E-state index in [9.17, 15) is 0 Å². The number of hydrogen-bond acceptors (Lipinski definition) is 2. The number of benzene rings is 1. The normalized spacial score (nSPS) is 27.8. The van der Waals surface area contributed by atoms with Gasteiger partial charge in [0.05, 0.1) is 7.11 Å². The summed E-state index contributed by atoms with van der Waals surface area (Å²) in [6, 6.07) is 6.10. The molecule has 2 heteroatoms. The molecule has 0 fully saturated rings. The Morgan fingerprint density at radius 3 is 2.92 bits per heavy atom. The molecule has 2 nitrogen and oxygen atoms in total. The van der Waals surface area contributed by atoms with Crippen LogP contribution in [0.4, 0.5) is 0 Å². The highest BCUT2D eigenvalue weighted by atomic mass is 16.5. The molecule has 2 aliphatic rings. The second-order valence-corrected chi connectivity index (χ2v) is 3.33. The summed E-state index contributed by atoms with van der Waals surface area (Å²) < 4.78 is 11.0. The molecule has 0 radical (unpaired) electrons. The molecule has 1 aromatic carbocycles. The molecule has 2 bridgehead atoms. The zero-order valence-corrected chi connectivity index (χ0v) is 7.36. The van der Waals surface area contributed by atoms with Crippen molar-refractivity contribution in [1.82, 2.24) is 0 Å². The second-order valence-electron chi connectivity index (χ2n) is 3.33. The molecule has 0 saturated carbocycles. The number of fused-ring (bicyclic) bond motifs is 5. The van der Waals surface area contributed by atoms with Gasteiger partial charge >= 0.3 is 0 Å². The van der Waals surface area contributed by atoms with Crippen LogP contribution in [0, 0.1) is 0 Å².